The fraction of sp³-hybridized carbons (Fsp3) is 0.917. The minimum absolute atomic E-state index is 0.298. The zero-order valence-corrected chi connectivity index (χ0v) is 10.1. The first-order valence-electron chi connectivity index (χ1n) is 7.55. The van der Waals surface area contributed by atoms with Crippen LogP contribution in [0.25, 0.3) is 0 Å². The van der Waals surface area contributed by atoms with Crippen molar-refractivity contribution in [3.63, 3.8) is 0 Å². The van der Waals surface area contributed by atoms with E-state index in [9.17, 15) is 9.90 Å². The van der Waals surface area contributed by atoms with Gasteiger partial charge in [-0.3, -0.25) is 0 Å². The Morgan fingerprint density at radius 2 is 2.06 bits per heavy atom. The monoisotopic (exact) mass is 233 g/mol. The average molecular weight is 233 g/mol. The van der Waals surface area contributed by atoms with Crippen LogP contribution in [0.15, 0.2) is 0 Å². The predicted molar refractivity (Wildman–Crippen MR) is 62.2 cm³/mol. The van der Waals surface area contributed by atoms with Crippen LogP contribution in [0.1, 0.15) is 45.5 Å². The molecule has 1 amide bonds. The Morgan fingerprint density at radius 1 is 1.50 bits per heavy atom. The quantitative estimate of drug-likeness (QED) is 0.793. The van der Waals surface area contributed by atoms with E-state index in [4.69, 9.17) is 10.2 Å². The lowest BCUT2D eigenvalue weighted by Gasteiger charge is -2.33. The molecule has 1 aliphatic rings. The Kier molecular flexibility index (Phi) is 2.88. The van der Waals surface area contributed by atoms with Gasteiger partial charge in [0.15, 0.2) is 0 Å². The number of hydrogen-bond acceptors (Lipinski definition) is 3. The van der Waals surface area contributed by atoms with Crippen molar-refractivity contribution in [2.75, 3.05) is 19.6 Å². The second-order valence-corrected chi connectivity index (χ2v) is 5.00. The maximum absolute atomic E-state index is 11.9. The molecule has 1 saturated heterocycles. The molecule has 0 unspecified atom stereocenters. The highest BCUT2D eigenvalue weighted by Crippen LogP contribution is 2.21. The Balaban J connectivity index is 2.58. The van der Waals surface area contributed by atoms with Crippen LogP contribution in [0.2, 0.25) is 0 Å². The number of aliphatic hydroxyl groups is 1. The third-order valence-corrected chi connectivity index (χ3v) is 2.42. The molecule has 1 N–H and O–H groups in total. The normalized spacial score (nSPS) is 24.1. The summed E-state index contributed by atoms with van der Waals surface area (Å²) in [5, 5.41) is 9.28. The number of ether oxygens (including phenoxy) is 1. The molecule has 4 nitrogen and oxygen atoms in total. The van der Waals surface area contributed by atoms with Gasteiger partial charge < -0.3 is 14.7 Å². The van der Waals surface area contributed by atoms with Crippen molar-refractivity contribution in [3.05, 3.63) is 0 Å². The third-order valence-electron chi connectivity index (χ3n) is 2.42. The van der Waals surface area contributed by atoms with E-state index in [1.54, 1.807) is 20.8 Å². The number of carbonyl (C=O) groups is 1. The Morgan fingerprint density at radius 3 is 2.50 bits per heavy atom. The molecule has 94 valence electrons. The van der Waals surface area contributed by atoms with E-state index in [0.29, 0.717) is 25.9 Å². The highest BCUT2D eigenvalue weighted by molar-refractivity contribution is 5.68. The zero-order valence-electron chi connectivity index (χ0n) is 14.1. The van der Waals surface area contributed by atoms with Gasteiger partial charge >= 0.3 is 6.09 Å². The molecular formula is C12H23NO3. The van der Waals surface area contributed by atoms with E-state index in [1.807, 2.05) is 0 Å². The summed E-state index contributed by atoms with van der Waals surface area (Å²) in [6.07, 6.45) is -2.17. The van der Waals surface area contributed by atoms with Crippen LogP contribution in [-0.2, 0) is 4.74 Å². The van der Waals surface area contributed by atoms with Gasteiger partial charge in [-0.05, 0) is 45.9 Å². The molecule has 0 saturated carbocycles. The van der Waals surface area contributed by atoms with Crippen molar-refractivity contribution in [3.8, 4) is 0 Å². The number of carbonyl (C=O) groups excluding carboxylic acids is 1. The number of rotatable bonds is 2. The molecule has 16 heavy (non-hydrogen) atoms. The standard InChI is InChI=1S/C12H23NO3/c1-12(2,3)16-11(15)13-7-4-10(5-8-13)6-9-14/h10,14H,4-9H2,1-3H3/i6D2,9D2. The first kappa shape index (κ1) is 8.34. The molecule has 0 radical (unpaired) electrons. The van der Waals surface area contributed by atoms with Gasteiger partial charge in [-0.2, -0.15) is 0 Å². The smallest absolute Gasteiger partial charge is 0.410 e. The molecule has 1 fully saturated rings. The fourth-order valence-electron chi connectivity index (χ4n) is 1.62. The summed E-state index contributed by atoms with van der Waals surface area (Å²) in [5.41, 5.74) is -0.578. The average Bonchev–Trinajstić information content (AvgIpc) is 2.25. The summed E-state index contributed by atoms with van der Waals surface area (Å²) in [6.45, 7) is 3.04. The number of likely N-dealkylation sites (tertiary alicyclic amines) is 1. The minimum atomic E-state index is -2.88. The lowest BCUT2D eigenvalue weighted by Crippen LogP contribution is -2.41. The van der Waals surface area contributed by atoms with E-state index in [2.05, 4.69) is 0 Å². The van der Waals surface area contributed by atoms with E-state index < -0.39 is 30.5 Å². The van der Waals surface area contributed by atoms with Crippen molar-refractivity contribution < 1.29 is 20.1 Å². The first-order chi connectivity index (χ1) is 8.84. The summed E-state index contributed by atoms with van der Waals surface area (Å²) in [5.74, 6) is -0.624. The summed E-state index contributed by atoms with van der Waals surface area (Å²) < 4.78 is 35.0. The van der Waals surface area contributed by atoms with Gasteiger partial charge in [0.05, 0.1) is 2.74 Å². The molecule has 1 heterocycles. The van der Waals surface area contributed by atoms with Crippen LogP contribution < -0.4 is 0 Å². The maximum atomic E-state index is 11.9. The van der Waals surface area contributed by atoms with Gasteiger partial charge in [0, 0.05) is 22.4 Å². The van der Waals surface area contributed by atoms with Gasteiger partial charge in [0.1, 0.15) is 5.60 Å². The van der Waals surface area contributed by atoms with Crippen LogP contribution in [0.4, 0.5) is 4.79 Å². The highest BCUT2D eigenvalue weighted by Gasteiger charge is 2.26. The Bertz CT molecular complexity index is 355. The van der Waals surface area contributed by atoms with Gasteiger partial charge in [-0.25, -0.2) is 4.79 Å². The molecule has 1 rings (SSSR count). The number of nitrogens with zero attached hydrogens (tertiary/aromatic N) is 1. The second kappa shape index (κ2) is 5.53. The molecule has 0 spiro atoms. The number of piperidine rings is 1. The van der Waals surface area contributed by atoms with Crippen molar-refractivity contribution in [2.45, 2.75) is 45.6 Å². The van der Waals surface area contributed by atoms with Crippen LogP contribution in [-0.4, -0.2) is 41.3 Å². The van der Waals surface area contributed by atoms with Crippen molar-refractivity contribution in [1.82, 2.24) is 4.90 Å². The number of amides is 1. The van der Waals surface area contributed by atoms with Crippen molar-refractivity contribution >= 4 is 6.09 Å². The molecule has 0 atom stereocenters. The summed E-state index contributed by atoms with van der Waals surface area (Å²) in [6, 6.07) is 0. The first-order valence-corrected chi connectivity index (χ1v) is 5.55. The van der Waals surface area contributed by atoms with Crippen LogP contribution in [0.5, 0.6) is 0 Å². The molecule has 0 aromatic rings. The summed E-state index contributed by atoms with van der Waals surface area (Å²) in [4.78, 5) is 13.3. The molecule has 0 aromatic heterocycles. The van der Waals surface area contributed by atoms with E-state index >= 15 is 0 Å². The highest BCUT2D eigenvalue weighted by atomic mass is 16.6. The molecule has 4 heteroatoms. The fourth-order valence-corrected chi connectivity index (χ4v) is 1.62. The molecule has 1 aliphatic heterocycles. The van der Waals surface area contributed by atoms with E-state index in [-0.39, 0.29) is 0 Å². The lowest BCUT2D eigenvalue weighted by molar-refractivity contribution is 0.0176. The third kappa shape index (κ3) is 4.39. The van der Waals surface area contributed by atoms with Crippen LogP contribution in [0, 0.1) is 5.92 Å². The zero-order chi connectivity index (χ0) is 15.8. The Hall–Kier alpha value is -0.770. The molecule has 0 aliphatic carbocycles. The van der Waals surface area contributed by atoms with Gasteiger partial charge in [0.2, 0.25) is 0 Å². The van der Waals surface area contributed by atoms with Crippen molar-refractivity contribution in [2.24, 2.45) is 5.92 Å². The van der Waals surface area contributed by atoms with Crippen LogP contribution >= 0.6 is 0 Å². The van der Waals surface area contributed by atoms with Gasteiger partial charge in [0.25, 0.3) is 0 Å². The summed E-state index contributed by atoms with van der Waals surface area (Å²) in [7, 11) is 0. The largest absolute Gasteiger partial charge is 0.444 e. The van der Waals surface area contributed by atoms with Crippen molar-refractivity contribution in [1.29, 1.82) is 0 Å². The molecule has 0 bridgehead atoms. The maximum Gasteiger partial charge on any atom is 0.410 e. The molecule has 0 aromatic carbocycles. The van der Waals surface area contributed by atoms with E-state index in [1.165, 1.54) is 4.90 Å². The summed E-state index contributed by atoms with van der Waals surface area (Å²) >= 11 is 0. The number of hydrogen-bond donors (Lipinski definition) is 1. The second-order valence-electron chi connectivity index (χ2n) is 5.00. The van der Waals surface area contributed by atoms with Gasteiger partial charge in [-0.15, -0.1) is 0 Å². The van der Waals surface area contributed by atoms with Crippen LogP contribution in [0.3, 0.4) is 0 Å². The SMILES string of the molecule is [2H]C([2H])(O)C([2H])([2H])C1CCN(C(=O)OC(C)(C)C)CC1. The minimum Gasteiger partial charge on any atom is -0.444 e. The Labute approximate surface area is 103 Å². The lowest BCUT2D eigenvalue weighted by atomic mass is 9.94. The molecular weight excluding hydrogens is 206 g/mol. The van der Waals surface area contributed by atoms with Gasteiger partial charge in [-0.1, -0.05) is 0 Å². The topological polar surface area (TPSA) is 49.8 Å². The predicted octanol–water partition coefficient (Wildman–Crippen LogP) is 2.02. The van der Waals surface area contributed by atoms with E-state index in [0.717, 1.165) is 0 Å².